The first-order valence-electron chi connectivity index (χ1n) is 16.2. The van der Waals surface area contributed by atoms with Gasteiger partial charge in [-0.3, -0.25) is 14.4 Å². The van der Waals surface area contributed by atoms with Gasteiger partial charge in [-0.25, -0.2) is 32.9 Å². The van der Waals surface area contributed by atoms with Gasteiger partial charge in [-0.2, -0.15) is 0 Å². The number of phenolic OH excluding ortho intramolecular Hbond substituents is 1. The minimum absolute atomic E-state index is 0.0156. The number of aromatic hydroxyl groups is 1. The Morgan fingerprint density at radius 1 is 1.00 bits per heavy atom. The minimum Gasteiger partial charge on any atom is -0.505 e. The number of fused-ring (bicyclic) bond motifs is 5. The summed E-state index contributed by atoms with van der Waals surface area (Å²) in [5, 5.41) is 9.96. The lowest BCUT2D eigenvalue weighted by atomic mass is 9.50. The first-order valence-corrected chi connectivity index (χ1v) is 16.2. The summed E-state index contributed by atoms with van der Waals surface area (Å²) < 4.78 is 30.7. The molecule has 0 unspecified atom stereocenters. The number of aromatic nitrogens is 5. The maximum absolute atomic E-state index is 14.8. The molecule has 4 aromatic rings. The van der Waals surface area contributed by atoms with Gasteiger partial charge in [0.15, 0.2) is 34.6 Å². The molecule has 13 nitrogen and oxygen atoms in total. The van der Waals surface area contributed by atoms with Crippen LogP contribution in [0.5, 0.6) is 17.2 Å². The van der Waals surface area contributed by atoms with E-state index in [1.165, 1.54) is 40.3 Å². The monoisotopic (exact) mass is 685 g/mol. The van der Waals surface area contributed by atoms with Crippen LogP contribution in [-0.4, -0.2) is 54.4 Å². The molecule has 2 aliphatic carbocycles. The van der Waals surface area contributed by atoms with Crippen molar-refractivity contribution < 1.29 is 28.6 Å². The Kier molecular flexibility index (Phi) is 7.61. The summed E-state index contributed by atoms with van der Waals surface area (Å²) >= 11 is 0. The van der Waals surface area contributed by atoms with Gasteiger partial charge < -0.3 is 19.1 Å². The van der Waals surface area contributed by atoms with E-state index in [-0.39, 0.29) is 43.2 Å². The fourth-order valence-electron chi connectivity index (χ4n) is 8.25. The van der Waals surface area contributed by atoms with E-state index >= 15 is 0 Å². The van der Waals surface area contributed by atoms with E-state index in [9.17, 15) is 33.5 Å². The Balaban J connectivity index is 1.31. The number of carbonyl (C=O) groups excluding carboxylic acids is 2. The van der Waals surface area contributed by atoms with E-state index in [2.05, 4.69) is 4.98 Å². The highest BCUT2D eigenvalue weighted by molar-refractivity contribution is 6.15. The first kappa shape index (κ1) is 33.0. The molecule has 50 heavy (non-hydrogen) atoms. The maximum Gasteiger partial charge on any atom is 0.347 e. The first-order chi connectivity index (χ1) is 23.7. The number of phenols is 1. The number of hydrogen-bond acceptors (Lipinski definition) is 9. The second kappa shape index (κ2) is 11.5. The number of halogens is 1. The molecule has 2 aromatic heterocycles. The molecule has 4 atom stereocenters. The van der Waals surface area contributed by atoms with Crippen molar-refractivity contribution >= 4 is 22.6 Å². The Hall–Kier alpha value is -5.53. The zero-order valence-electron chi connectivity index (χ0n) is 28.4. The van der Waals surface area contributed by atoms with E-state index in [0.717, 1.165) is 10.6 Å². The summed E-state index contributed by atoms with van der Waals surface area (Å²) in [4.78, 5) is 73.8. The molecule has 1 N–H and O–H groups in total. The lowest BCUT2D eigenvalue weighted by Crippen LogP contribution is -2.55. The van der Waals surface area contributed by atoms with Crippen LogP contribution in [0.25, 0.3) is 11.0 Å². The Bertz CT molecular complexity index is 2410. The number of ketones is 2. The lowest BCUT2D eigenvalue weighted by molar-refractivity contribution is -0.140. The largest absolute Gasteiger partial charge is 0.505 e. The highest BCUT2D eigenvalue weighted by atomic mass is 19.1. The summed E-state index contributed by atoms with van der Waals surface area (Å²) in [5.41, 5.74) is -0.215. The third kappa shape index (κ3) is 4.50. The molecule has 0 bridgehead atoms. The third-order valence-corrected chi connectivity index (χ3v) is 11.0. The summed E-state index contributed by atoms with van der Waals surface area (Å²) in [6.07, 6.45) is 1.80. The molecule has 1 saturated carbocycles. The maximum atomic E-state index is 14.8. The zero-order chi connectivity index (χ0) is 36.0. The van der Waals surface area contributed by atoms with Gasteiger partial charge >= 0.3 is 11.4 Å². The van der Waals surface area contributed by atoms with Crippen molar-refractivity contribution in [2.45, 2.75) is 58.7 Å². The number of carbonyl (C=O) groups is 2. The van der Waals surface area contributed by atoms with Crippen LogP contribution < -0.4 is 26.4 Å². The molecular formula is C36H36FN5O8. The van der Waals surface area contributed by atoms with Crippen molar-refractivity contribution in [3.05, 3.63) is 102 Å². The van der Waals surface area contributed by atoms with E-state index in [1.54, 1.807) is 46.0 Å². The topological polar surface area (TPSA) is 157 Å². The van der Waals surface area contributed by atoms with Crippen LogP contribution in [0.1, 0.15) is 50.4 Å². The van der Waals surface area contributed by atoms with Crippen molar-refractivity contribution in [1.29, 1.82) is 0 Å². The minimum atomic E-state index is -1.31. The average molecular weight is 686 g/mol. The number of nitrogens with zero attached hydrogens (tertiary/aromatic N) is 5. The van der Waals surface area contributed by atoms with Gasteiger partial charge in [0.05, 0.1) is 43.3 Å². The molecule has 1 aliphatic heterocycles. The second-order valence-corrected chi connectivity index (χ2v) is 13.4. The quantitative estimate of drug-likeness (QED) is 0.302. The lowest BCUT2D eigenvalue weighted by Gasteiger charge is -2.53. The number of aryl methyl sites for hydroxylation is 2. The highest BCUT2D eigenvalue weighted by Crippen LogP contribution is 2.60. The van der Waals surface area contributed by atoms with E-state index in [4.69, 9.17) is 9.47 Å². The molecule has 1 fully saturated rings. The number of Topliss-reactive ketones (excluding diaryl/α,β-unsaturated/α-hetero) is 2. The van der Waals surface area contributed by atoms with E-state index in [1.807, 2.05) is 0 Å². The molecule has 3 heterocycles. The predicted molar refractivity (Wildman–Crippen MR) is 179 cm³/mol. The van der Waals surface area contributed by atoms with E-state index in [0.29, 0.717) is 44.8 Å². The van der Waals surface area contributed by atoms with Crippen molar-refractivity contribution in [2.75, 3.05) is 14.2 Å². The molecule has 260 valence electrons. The standard InChI is InChI=1S/C36H36FN5O8/c1-17-18(2)32(45)36(3)21(31(17)44)14-25-20(30(36)19-7-8-27(43)22(37)13-19)9-12-41-34(47)40(35(48)42(25)41)11-10-23-33(46)39(4)26-16-29(50-6)28(49-5)15-24(26)38-23/h7-9,13,15-16,21,25,30,43H,10-12,14H2,1-6H3/t21-,25+,30-,36+/m0/s1. The molecular weight excluding hydrogens is 649 g/mol. The van der Waals surface area contributed by atoms with Crippen LogP contribution in [-0.2, 0) is 36.1 Å². The number of ether oxygens (including phenoxy) is 2. The van der Waals surface area contributed by atoms with Gasteiger partial charge in [-0.15, -0.1) is 0 Å². The van der Waals surface area contributed by atoms with Crippen molar-refractivity contribution in [2.24, 2.45) is 18.4 Å². The van der Waals surface area contributed by atoms with Crippen LogP contribution in [0.4, 0.5) is 4.39 Å². The molecule has 0 radical (unpaired) electrons. The van der Waals surface area contributed by atoms with Crippen molar-refractivity contribution in [1.82, 2.24) is 23.5 Å². The fraction of sp³-hybridized carbons (Fsp3) is 0.389. The molecule has 14 heteroatoms. The summed E-state index contributed by atoms with van der Waals surface area (Å²) in [6, 6.07) is 6.37. The van der Waals surface area contributed by atoms with Crippen LogP contribution in [0.3, 0.4) is 0 Å². The average Bonchev–Trinajstić information content (AvgIpc) is 3.35. The van der Waals surface area contributed by atoms with Crippen LogP contribution in [0.2, 0.25) is 0 Å². The zero-order valence-corrected chi connectivity index (χ0v) is 28.4. The normalized spacial score (nSPS) is 23.0. The van der Waals surface area contributed by atoms with Crippen molar-refractivity contribution in [3.63, 3.8) is 0 Å². The smallest absolute Gasteiger partial charge is 0.347 e. The number of rotatable bonds is 6. The SMILES string of the molecule is COc1cc2nc(CCn3c(=O)n4n(c3=O)[C@@H]3C[C@H]5C(=O)C(C)=C(C)C(=O)[C@@]5(C)[C@@H](c5ccc(O)c(F)c5)C3=CC4)c(=O)n(C)c2cc1OC. The van der Waals surface area contributed by atoms with Crippen molar-refractivity contribution in [3.8, 4) is 17.2 Å². The number of benzene rings is 2. The molecule has 7 rings (SSSR count). The molecule has 0 amide bonds. The molecule has 0 saturated heterocycles. The Morgan fingerprint density at radius 3 is 2.38 bits per heavy atom. The molecule has 3 aliphatic rings. The third-order valence-electron chi connectivity index (χ3n) is 11.0. The Labute approximate surface area is 284 Å². The van der Waals surface area contributed by atoms with Gasteiger partial charge in [-0.1, -0.05) is 19.1 Å². The number of methoxy groups -OCH3 is 2. The van der Waals surface area contributed by atoms with Crippen LogP contribution in [0.15, 0.2) is 67.5 Å². The summed E-state index contributed by atoms with van der Waals surface area (Å²) in [6.45, 7) is 4.75. The van der Waals surface area contributed by atoms with Gasteiger partial charge in [0.2, 0.25) is 0 Å². The second-order valence-electron chi connectivity index (χ2n) is 13.4. The van der Waals surface area contributed by atoms with Gasteiger partial charge in [0.25, 0.3) is 5.56 Å². The van der Waals surface area contributed by atoms with E-state index < -0.39 is 51.8 Å². The highest BCUT2D eigenvalue weighted by Gasteiger charge is 2.60. The summed E-state index contributed by atoms with van der Waals surface area (Å²) in [5.74, 6) is -2.79. The number of hydrogen-bond donors (Lipinski definition) is 1. The number of allylic oxidation sites excluding steroid dienone is 4. The van der Waals surface area contributed by atoms with Gasteiger partial charge in [0.1, 0.15) is 5.69 Å². The molecule has 2 aromatic carbocycles. The predicted octanol–water partition coefficient (Wildman–Crippen LogP) is 2.94. The van der Waals surface area contributed by atoms with Gasteiger partial charge in [0, 0.05) is 44.0 Å². The van der Waals surface area contributed by atoms with Gasteiger partial charge in [-0.05, 0) is 54.7 Å². The summed E-state index contributed by atoms with van der Waals surface area (Å²) in [7, 11) is 4.57. The van der Waals surface area contributed by atoms with Crippen LogP contribution >= 0.6 is 0 Å². The molecule has 0 spiro atoms. The fourth-order valence-corrected chi connectivity index (χ4v) is 8.25. The Morgan fingerprint density at radius 2 is 1.70 bits per heavy atom. The van der Waals surface area contributed by atoms with Crippen LogP contribution in [0, 0.1) is 17.2 Å².